The molecule has 1 heterocycles. The van der Waals surface area contributed by atoms with Crippen LogP contribution in [0.1, 0.15) is 19.4 Å². The summed E-state index contributed by atoms with van der Waals surface area (Å²) in [5.41, 5.74) is 3.43. The van der Waals surface area contributed by atoms with Gasteiger partial charge in [0, 0.05) is 28.9 Å². The van der Waals surface area contributed by atoms with Gasteiger partial charge in [-0.15, -0.1) is 12.4 Å². The van der Waals surface area contributed by atoms with E-state index >= 15 is 0 Å². The predicted molar refractivity (Wildman–Crippen MR) is 124 cm³/mol. The van der Waals surface area contributed by atoms with Crippen molar-refractivity contribution in [3.05, 3.63) is 71.4 Å². The highest BCUT2D eigenvalue weighted by Crippen LogP contribution is 2.26. The second-order valence-electron chi connectivity index (χ2n) is 6.71. The molecule has 0 aliphatic carbocycles. The highest BCUT2D eigenvalue weighted by molar-refractivity contribution is 6.30. The SMILES string of the molecule is CCN(CC)CCOC(=O)Cc1cn(-c2ccccc2)nc1-c1ccc(Cl)cc1.Cl. The molecule has 2 aromatic carbocycles. The summed E-state index contributed by atoms with van der Waals surface area (Å²) in [5, 5.41) is 5.39. The molecule has 0 radical (unpaired) electrons. The minimum atomic E-state index is -0.250. The number of carbonyl (C=O) groups is 1. The normalized spacial score (nSPS) is 10.7. The molecular formula is C23H27Cl2N3O2. The molecular weight excluding hydrogens is 421 g/mol. The van der Waals surface area contributed by atoms with Crippen molar-refractivity contribution in [2.45, 2.75) is 20.3 Å². The van der Waals surface area contributed by atoms with Gasteiger partial charge in [0.15, 0.2) is 0 Å². The molecule has 0 saturated carbocycles. The van der Waals surface area contributed by atoms with E-state index in [1.54, 1.807) is 4.68 Å². The number of rotatable bonds is 9. The van der Waals surface area contributed by atoms with Gasteiger partial charge in [-0.2, -0.15) is 5.10 Å². The van der Waals surface area contributed by atoms with Gasteiger partial charge in [0.25, 0.3) is 0 Å². The zero-order valence-corrected chi connectivity index (χ0v) is 18.8. The fraction of sp³-hybridized carbons (Fsp3) is 0.304. The molecule has 0 N–H and O–H groups in total. The van der Waals surface area contributed by atoms with Crippen LogP contribution in [0.3, 0.4) is 0 Å². The fourth-order valence-corrected chi connectivity index (χ4v) is 3.26. The summed E-state index contributed by atoms with van der Waals surface area (Å²) in [6.45, 7) is 7.22. The van der Waals surface area contributed by atoms with Crippen LogP contribution in [0.25, 0.3) is 16.9 Å². The Bertz CT molecular complexity index is 923. The summed E-state index contributed by atoms with van der Waals surface area (Å²) in [7, 11) is 0. The van der Waals surface area contributed by atoms with Gasteiger partial charge in [0.2, 0.25) is 0 Å². The van der Waals surface area contributed by atoms with E-state index in [1.807, 2.05) is 60.8 Å². The maximum Gasteiger partial charge on any atom is 0.310 e. The van der Waals surface area contributed by atoms with E-state index in [-0.39, 0.29) is 24.8 Å². The first-order valence-electron chi connectivity index (χ1n) is 9.88. The molecule has 1 aromatic heterocycles. The average molecular weight is 448 g/mol. The Kier molecular flexibility index (Phi) is 9.37. The molecule has 7 heteroatoms. The van der Waals surface area contributed by atoms with Crippen LogP contribution in [0.2, 0.25) is 5.02 Å². The number of esters is 1. The highest BCUT2D eigenvalue weighted by Gasteiger charge is 2.16. The lowest BCUT2D eigenvalue weighted by Crippen LogP contribution is -2.28. The highest BCUT2D eigenvalue weighted by atomic mass is 35.5. The molecule has 0 bridgehead atoms. The van der Waals surface area contributed by atoms with Crippen LogP contribution in [-0.4, -0.2) is 46.9 Å². The van der Waals surface area contributed by atoms with Crippen molar-refractivity contribution in [3.8, 4) is 16.9 Å². The Morgan fingerprint density at radius 3 is 2.37 bits per heavy atom. The number of nitrogens with zero attached hydrogens (tertiary/aromatic N) is 3. The Morgan fingerprint density at radius 2 is 1.73 bits per heavy atom. The Labute approximate surface area is 189 Å². The molecule has 0 atom stereocenters. The number of ether oxygens (including phenoxy) is 1. The van der Waals surface area contributed by atoms with Gasteiger partial charge in [0.05, 0.1) is 17.8 Å². The monoisotopic (exact) mass is 447 g/mol. The van der Waals surface area contributed by atoms with E-state index in [2.05, 4.69) is 18.7 Å². The third-order valence-corrected chi connectivity index (χ3v) is 5.08. The maximum atomic E-state index is 12.5. The Morgan fingerprint density at radius 1 is 1.07 bits per heavy atom. The number of hydrogen-bond donors (Lipinski definition) is 0. The van der Waals surface area contributed by atoms with Crippen molar-refractivity contribution in [2.75, 3.05) is 26.2 Å². The maximum absolute atomic E-state index is 12.5. The Balaban J connectivity index is 0.00000320. The summed E-state index contributed by atoms with van der Waals surface area (Å²) < 4.78 is 7.26. The summed E-state index contributed by atoms with van der Waals surface area (Å²) in [5.74, 6) is -0.250. The number of halogens is 2. The Hall–Kier alpha value is -2.34. The van der Waals surface area contributed by atoms with E-state index < -0.39 is 0 Å². The van der Waals surface area contributed by atoms with E-state index in [9.17, 15) is 4.79 Å². The number of hydrogen-bond acceptors (Lipinski definition) is 4. The van der Waals surface area contributed by atoms with Gasteiger partial charge < -0.3 is 9.64 Å². The number of aromatic nitrogens is 2. The first kappa shape index (κ1) is 23.9. The molecule has 0 saturated heterocycles. The van der Waals surface area contributed by atoms with Gasteiger partial charge in [-0.3, -0.25) is 4.79 Å². The molecule has 0 unspecified atom stereocenters. The molecule has 160 valence electrons. The standard InChI is InChI=1S/C23H26ClN3O2.ClH/c1-3-26(4-2)14-15-29-22(28)16-19-17-27(21-8-6-5-7-9-21)25-23(19)18-10-12-20(24)13-11-18;/h5-13,17H,3-4,14-16H2,1-2H3;1H. The lowest BCUT2D eigenvalue weighted by molar-refractivity contribution is -0.143. The largest absolute Gasteiger partial charge is 0.464 e. The summed E-state index contributed by atoms with van der Waals surface area (Å²) >= 11 is 6.03. The second-order valence-corrected chi connectivity index (χ2v) is 7.15. The minimum absolute atomic E-state index is 0. The van der Waals surface area contributed by atoms with E-state index in [4.69, 9.17) is 21.4 Å². The van der Waals surface area contributed by atoms with Gasteiger partial charge in [0.1, 0.15) is 6.61 Å². The van der Waals surface area contributed by atoms with E-state index in [1.165, 1.54) is 0 Å². The van der Waals surface area contributed by atoms with Crippen molar-refractivity contribution >= 4 is 30.0 Å². The molecule has 0 spiro atoms. The number of benzene rings is 2. The van der Waals surface area contributed by atoms with Crippen LogP contribution in [0.4, 0.5) is 0 Å². The molecule has 30 heavy (non-hydrogen) atoms. The predicted octanol–water partition coefficient (Wildman–Crippen LogP) is 5.04. The van der Waals surface area contributed by atoms with E-state index in [0.29, 0.717) is 11.6 Å². The molecule has 0 aliphatic rings. The average Bonchev–Trinajstić information content (AvgIpc) is 3.16. The van der Waals surface area contributed by atoms with Crippen LogP contribution in [-0.2, 0) is 16.0 Å². The first-order chi connectivity index (χ1) is 14.1. The third-order valence-electron chi connectivity index (χ3n) is 4.83. The van der Waals surface area contributed by atoms with Crippen LogP contribution < -0.4 is 0 Å². The van der Waals surface area contributed by atoms with Crippen LogP contribution >= 0.6 is 24.0 Å². The number of likely N-dealkylation sites (N-methyl/N-ethyl adjacent to an activating group) is 1. The smallest absolute Gasteiger partial charge is 0.310 e. The van der Waals surface area contributed by atoms with Crippen LogP contribution in [0.5, 0.6) is 0 Å². The van der Waals surface area contributed by atoms with Crippen molar-refractivity contribution < 1.29 is 9.53 Å². The van der Waals surface area contributed by atoms with Gasteiger partial charge >= 0.3 is 5.97 Å². The molecule has 0 amide bonds. The lowest BCUT2D eigenvalue weighted by atomic mass is 10.1. The number of carbonyl (C=O) groups excluding carboxylic acids is 1. The second kappa shape index (κ2) is 11.7. The zero-order valence-electron chi connectivity index (χ0n) is 17.3. The summed E-state index contributed by atoms with van der Waals surface area (Å²) in [6, 6.07) is 17.3. The molecule has 3 rings (SSSR count). The van der Waals surface area contributed by atoms with Crippen molar-refractivity contribution in [1.29, 1.82) is 0 Å². The number of para-hydroxylation sites is 1. The minimum Gasteiger partial charge on any atom is -0.464 e. The van der Waals surface area contributed by atoms with Crippen LogP contribution in [0, 0.1) is 0 Å². The molecule has 0 fully saturated rings. The van der Waals surface area contributed by atoms with Crippen LogP contribution in [0.15, 0.2) is 60.8 Å². The van der Waals surface area contributed by atoms with Gasteiger partial charge in [-0.25, -0.2) is 4.68 Å². The zero-order chi connectivity index (χ0) is 20.6. The van der Waals surface area contributed by atoms with E-state index in [0.717, 1.165) is 42.1 Å². The molecule has 3 aromatic rings. The first-order valence-corrected chi connectivity index (χ1v) is 10.3. The van der Waals surface area contributed by atoms with Gasteiger partial charge in [-0.1, -0.05) is 55.8 Å². The topological polar surface area (TPSA) is 47.4 Å². The van der Waals surface area contributed by atoms with Gasteiger partial charge in [-0.05, 0) is 37.4 Å². The third kappa shape index (κ3) is 6.33. The quantitative estimate of drug-likeness (QED) is 0.431. The van der Waals surface area contributed by atoms with Crippen molar-refractivity contribution in [2.24, 2.45) is 0 Å². The summed E-state index contributed by atoms with van der Waals surface area (Å²) in [6.07, 6.45) is 2.06. The molecule has 0 aliphatic heterocycles. The fourth-order valence-electron chi connectivity index (χ4n) is 3.14. The summed E-state index contributed by atoms with van der Waals surface area (Å²) in [4.78, 5) is 14.7. The molecule has 5 nitrogen and oxygen atoms in total. The van der Waals surface area contributed by atoms with Crippen molar-refractivity contribution in [3.63, 3.8) is 0 Å². The van der Waals surface area contributed by atoms with Crippen molar-refractivity contribution in [1.82, 2.24) is 14.7 Å². The lowest BCUT2D eigenvalue weighted by Gasteiger charge is -2.17.